The molecular formula is C13H30N2O. The topological polar surface area (TPSA) is 24.5 Å². The van der Waals surface area contributed by atoms with Gasteiger partial charge in [0, 0.05) is 25.2 Å². The Morgan fingerprint density at radius 2 is 2.00 bits per heavy atom. The molecule has 0 radical (unpaired) electrons. The van der Waals surface area contributed by atoms with Crippen molar-refractivity contribution in [1.82, 2.24) is 10.2 Å². The van der Waals surface area contributed by atoms with Crippen LogP contribution >= 0.6 is 0 Å². The summed E-state index contributed by atoms with van der Waals surface area (Å²) < 4.78 is 5.69. The maximum Gasteiger partial charge on any atom is 0.0715 e. The minimum atomic E-state index is 0.352. The molecule has 0 aromatic heterocycles. The molecular weight excluding hydrogens is 200 g/mol. The van der Waals surface area contributed by atoms with Crippen LogP contribution in [0, 0.1) is 0 Å². The van der Waals surface area contributed by atoms with Crippen molar-refractivity contribution in [3.63, 3.8) is 0 Å². The Labute approximate surface area is 102 Å². The van der Waals surface area contributed by atoms with E-state index >= 15 is 0 Å². The predicted octanol–water partition coefficient (Wildman–Crippen LogP) is 2.12. The summed E-state index contributed by atoms with van der Waals surface area (Å²) in [6.07, 6.45) is 0.352. The summed E-state index contributed by atoms with van der Waals surface area (Å²) in [7, 11) is 0. The Morgan fingerprint density at radius 3 is 2.50 bits per heavy atom. The fourth-order valence-corrected chi connectivity index (χ4v) is 2.11. The zero-order chi connectivity index (χ0) is 12.6. The Kier molecular flexibility index (Phi) is 8.90. The molecule has 2 atom stereocenters. The monoisotopic (exact) mass is 230 g/mol. The van der Waals surface area contributed by atoms with E-state index in [-0.39, 0.29) is 0 Å². The van der Waals surface area contributed by atoms with Crippen molar-refractivity contribution in [3.05, 3.63) is 0 Å². The SMILES string of the molecule is CC.CCNCC1C(C)OCCN1C(C)C. The van der Waals surface area contributed by atoms with Crippen LogP contribution in [0.15, 0.2) is 0 Å². The highest BCUT2D eigenvalue weighted by molar-refractivity contribution is 4.84. The molecule has 0 saturated carbocycles. The molecule has 3 nitrogen and oxygen atoms in total. The number of nitrogens with one attached hydrogen (secondary N) is 1. The summed E-state index contributed by atoms with van der Waals surface area (Å²) in [5.41, 5.74) is 0. The summed E-state index contributed by atoms with van der Waals surface area (Å²) in [6, 6.07) is 1.15. The molecule has 16 heavy (non-hydrogen) atoms. The van der Waals surface area contributed by atoms with Crippen molar-refractivity contribution < 1.29 is 4.74 Å². The second-order valence-electron chi connectivity index (χ2n) is 4.28. The van der Waals surface area contributed by atoms with Crippen LogP contribution in [0.5, 0.6) is 0 Å². The van der Waals surface area contributed by atoms with E-state index in [4.69, 9.17) is 4.74 Å². The summed E-state index contributed by atoms with van der Waals surface area (Å²) in [5, 5.41) is 3.41. The van der Waals surface area contributed by atoms with Crippen molar-refractivity contribution in [2.24, 2.45) is 0 Å². The van der Waals surface area contributed by atoms with Crippen molar-refractivity contribution in [2.75, 3.05) is 26.2 Å². The van der Waals surface area contributed by atoms with Crippen LogP contribution in [0.3, 0.4) is 0 Å². The Hall–Kier alpha value is -0.120. The lowest BCUT2D eigenvalue weighted by Gasteiger charge is -2.42. The molecule has 1 fully saturated rings. The molecule has 3 heteroatoms. The van der Waals surface area contributed by atoms with Gasteiger partial charge in [0.15, 0.2) is 0 Å². The molecule has 0 amide bonds. The van der Waals surface area contributed by atoms with Gasteiger partial charge in [0.05, 0.1) is 12.7 Å². The number of morpholine rings is 1. The molecule has 2 unspecified atom stereocenters. The fraction of sp³-hybridized carbons (Fsp3) is 1.00. The smallest absolute Gasteiger partial charge is 0.0715 e. The third-order valence-electron chi connectivity index (χ3n) is 2.96. The van der Waals surface area contributed by atoms with Crippen LogP contribution in [0.2, 0.25) is 0 Å². The Bertz CT molecular complexity index is 162. The predicted molar refractivity (Wildman–Crippen MR) is 70.9 cm³/mol. The molecule has 1 aliphatic rings. The molecule has 0 aliphatic carbocycles. The molecule has 1 saturated heterocycles. The molecule has 1 aliphatic heterocycles. The van der Waals surface area contributed by atoms with E-state index in [9.17, 15) is 0 Å². The third-order valence-corrected chi connectivity index (χ3v) is 2.96. The lowest BCUT2D eigenvalue weighted by Crippen LogP contribution is -2.56. The van der Waals surface area contributed by atoms with Crippen LogP contribution in [0.25, 0.3) is 0 Å². The minimum Gasteiger partial charge on any atom is -0.375 e. The molecule has 0 spiro atoms. The van der Waals surface area contributed by atoms with Crippen molar-refractivity contribution in [1.29, 1.82) is 0 Å². The normalized spacial score (nSPS) is 26.4. The maximum atomic E-state index is 5.69. The van der Waals surface area contributed by atoms with Gasteiger partial charge in [0.25, 0.3) is 0 Å². The van der Waals surface area contributed by atoms with Gasteiger partial charge in [-0.05, 0) is 27.3 Å². The first-order valence-corrected chi connectivity index (χ1v) is 6.74. The lowest BCUT2D eigenvalue weighted by molar-refractivity contribution is -0.0717. The molecule has 1 rings (SSSR count). The lowest BCUT2D eigenvalue weighted by atomic mass is 10.1. The first-order valence-electron chi connectivity index (χ1n) is 6.74. The van der Waals surface area contributed by atoms with Gasteiger partial charge in [-0.25, -0.2) is 0 Å². The van der Waals surface area contributed by atoms with E-state index in [1.807, 2.05) is 13.8 Å². The first kappa shape index (κ1) is 15.9. The molecule has 98 valence electrons. The fourth-order valence-electron chi connectivity index (χ4n) is 2.11. The molecule has 0 aromatic rings. The Morgan fingerprint density at radius 1 is 1.38 bits per heavy atom. The number of likely N-dealkylation sites (N-methyl/N-ethyl adjacent to an activating group) is 1. The number of ether oxygens (including phenoxy) is 1. The van der Waals surface area contributed by atoms with Crippen LogP contribution in [0.4, 0.5) is 0 Å². The van der Waals surface area contributed by atoms with E-state index in [1.54, 1.807) is 0 Å². The van der Waals surface area contributed by atoms with Gasteiger partial charge in [0.1, 0.15) is 0 Å². The molecule has 0 bridgehead atoms. The van der Waals surface area contributed by atoms with Crippen LogP contribution in [-0.4, -0.2) is 49.3 Å². The highest BCUT2D eigenvalue weighted by atomic mass is 16.5. The summed E-state index contributed by atoms with van der Waals surface area (Å²) in [5.74, 6) is 0. The van der Waals surface area contributed by atoms with E-state index in [0.717, 1.165) is 26.2 Å². The Balaban J connectivity index is 0.00000106. The average Bonchev–Trinajstić information content (AvgIpc) is 2.29. The van der Waals surface area contributed by atoms with Gasteiger partial charge >= 0.3 is 0 Å². The number of hydrogen-bond acceptors (Lipinski definition) is 3. The van der Waals surface area contributed by atoms with E-state index in [0.29, 0.717) is 18.2 Å². The quantitative estimate of drug-likeness (QED) is 0.800. The number of rotatable bonds is 4. The second kappa shape index (κ2) is 8.97. The zero-order valence-corrected chi connectivity index (χ0v) is 11.9. The zero-order valence-electron chi connectivity index (χ0n) is 11.9. The van der Waals surface area contributed by atoms with Crippen molar-refractivity contribution >= 4 is 0 Å². The standard InChI is InChI=1S/C11H24N2O.C2H6/c1-5-12-8-11-10(4)14-7-6-13(11)9(2)3;1-2/h9-12H,5-8H2,1-4H3;1-2H3. The van der Waals surface area contributed by atoms with Crippen molar-refractivity contribution in [2.45, 2.75) is 59.7 Å². The maximum absolute atomic E-state index is 5.69. The van der Waals surface area contributed by atoms with Gasteiger partial charge in [-0.3, -0.25) is 4.90 Å². The minimum absolute atomic E-state index is 0.352. The van der Waals surface area contributed by atoms with Crippen LogP contribution in [-0.2, 0) is 4.74 Å². The third kappa shape index (κ3) is 4.81. The van der Waals surface area contributed by atoms with Gasteiger partial charge in [0.2, 0.25) is 0 Å². The second-order valence-corrected chi connectivity index (χ2v) is 4.28. The number of hydrogen-bond donors (Lipinski definition) is 1. The van der Waals surface area contributed by atoms with Crippen LogP contribution in [0.1, 0.15) is 41.5 Å². The highest BCUT2D eigenvalue weighted by Gasteiger charge is 2.30. The molecule has 1 N–H and O–H groups in total. The van der Waals surface area contributed by atoms with E-state index < -0.39 is 0 Å². The van der Waals surface area contributed by atoms with Gasteiger partial charge in [-0.1, -0.05) is 20.8 Å². The van der Waals surface area contributed by atoms with Gasteiger partial charge in [-0.15, -0.1) is 0 Å². The largest absolute Gasteiger partial charge is 0.375 e. The first-order chi connectivity index (χ1) is 7.66. The van der Waals surface area contributed by atoms with E-state index in [1.165, 1.54) is 0 Å². The summed E-state index contributed by atoms with van der Waals surface area (Å²) in [4.78, 5) is 2.54. The highest BCUT2D eigenvalue weighted by Crippen LogP contribution is 2.16. The number of nitrogens with zero attached hydrogens (tertiary/aromatic N) is 1. The van der Waals surface area contributed by atoms with Crippen LogP contribution < -0.4 is 5.32 Å². The van der Waals surface area contributed by atoms with Gasteiger partial charge < -0.3 is 10.1 Å². The molecule has 1 heterocycles. The average molecular weight is 230 g/mol. The van der Waals surface area contributed by atoms with E-state index in [2.05, 4.69) is 37.9 Å². The van der Waals surface area contributed by atoms with Crippen molar-refractivity contribution in [3.8, 4) is 0 Å². The summed E-state index contributed by atoms with van der Waals surface area (Å²) in [6.45, 7) is 16.9. The molecule has 0 aromatic carbocycles. The van der Waals surface area contributed by atoms with Gasteiger partial charge in [-0.2, -0.15) is 0 Å². The summed E-state index contributed by atoms with van der Waals surface area (Å²) >= 11 is 0.